The summed E-state index contributed by atoms with van der Waals surface area (Å²) in [7, 11) is 0. The van der Waals surface area contributed by atoms with Crippen molar-refractivity contribution in [1.82, 2.24) is 4.68 Å². The van der Waals surface area contributed by atoms with E-state index in [4.69, 9.17) is 0 Å². The van der Waals surface area contributed by atoms with Crippen LogP contribution in [0.3, 0.4) is 0 Å². The summed E-state index contributed by atoms with van der Waals surface area (Å²) in [6.07, 6.45) is 1.84. The molecule has 0 N–H and O–H groups in total. The van der Waals surface area contributed by atoms with Crippen LogP contribution in [0.1, 0.15) is 12.6 Å². The molecule has 1 heterocycles. The molecule has 0 bridgehead atoms. The van der Waals surface area contributed by atoms with Gasteiger partial charge in [0.05, 0.1) is 5.69 Å². The molecule has 0 spiro atoms. The Balaban J connectivity index is 3.13. The lowest BCUT2D eigenvalue weighted by Gasteiger charge is -1.99. The second kappa shape index (κ2) is 2.52. The predicted molar refractivity (Wildman–Crippen MR) is 44.1 cm³/mol. The lowest BCUT2D eigenvalue weighted by atomic mass is 10.2. The minimum absolute atomic E-state index is 0.998. The molecule has 0 saturated heterocycles. The second-order valence-electron chi connectivity index (χ2n) is 2.16. The van der Waals surface area contributed by atoms with Gasteiger partial charge in [-0.05, 0) is 24.6 Å². The molecular weight excluding hydrogens is 124 g/mol. The van der Waals surface area contributed by atoms with Crippen molar-refractivity contribution in [2.24, 2.45) is 5.10 Å². The van der Waals surface area contributed by atoms with E-state index in [1.165, 1.54) is 0 Å². The molecule has 0 aliphatic heterocycles. The average Bonchev–Trinajstić information content (AvgIpc) is 2.33. The molecule has 10 heavy (non-hydrogen) atoms. The molecule has 2 heteroatoms. The minimum atomic E-state index is 0.998. The number of hydrogen-bond donors (Lipinski definition) is 0. The lowest BCUT2D eigenvalue weighted by Crippen LogP contribution is -1.89. The van der Waals surface area contributed by atoms with Gasteiger partial charge in [0.2, 0.25) is 0 Å². The van der Waals surface area contributed by atoms with E-state index in [2.05, 4.69) is 18.4 Å². The molecule has 2 nitrogen and oxygen atoms in total. The fourth-order valence-electron chi connectivity index (χ4n) is 0.833. The normalized spacial score (nSPS) is 9.30. The van der Waals surface area contributed by atoms with E-state index in [0.29, 0.717) is 0 Å². The van der Waals surface area contributed by atoms with Crippen LogP contribution in [-0.4, -0.2) is 11.4 Å². The standard InChI is InChI=1S/C8H10N2/c1-7(2)8-5-4-6-10(8)9-3/h4-6H,1,3H2,2H3. The van der Waals surface area contributed by atoms with Crippen LogP contribution in [-0.2, 0) is 0 Å². The molecule has 0 aliphatic rings. The molecular formula is C8H10N2. The van der Waals surface area contributed by atoms with Gasteiger partial charge in [-0.25, -0.2) is 4.68 Å². The van der Waals surface area contributed by atoms with E-state index in [9.17, 15) is 0 Å². The Kier molecular flexibility index (Phi) is 1.71. The van der Waals surface area contributed by atoms with E-state index in [0.717, 1.165) is 11.3 Å². The number of nitrogens with zero attached hydrogens (tertiary/aromatic N) is 2. The topological polar surface area (TPSA) is 17.3 Å². The number of allylic oxidation sites excluding steroid dienone is 1. The SMILES string of the molecule is C=Nn1cccc1C(=C)C. The average molecular weight is 134 g/mol. The van der Waals surface area contributed by atoms with E-state index in [1.54, 1.807) is 4.68 Å². The Morgan fingerprint density at radius 3 is 2.80 bits per heavy atom. The molecule has 0 amide bonds. The van der Waals surface area contributed by atoms with Gasteiger partial charge in [-0.3, -0.25) is 0 Å². The van der Waals surface area contributed by atoms with Crippen LogP contribution in [0, 0.1) is 0 Å². The number of aromatic nitrogens is 1. The van der Waals surface area contributed by atoms with Crippen LogP contribution < -0.4 is 0 Å². The zero-order valence-electron chi connectivity index (χ0n) is 6.04. The van der Waals surface area contributed by atoms with Crippen molar-refractivity contribution in [3.63, 3.8) is 0 Å². The van der Waals surface area contributed by atoms with Gasteiger partial charge in [0, 0.05) is 12.9 Å². The van der Waals surface area contributed by atoms with E-state index >= 15 is 0 Å². The van der Waals surface area contributed by atoms with Crippen LogP contribution in [0.4, 0.5) is 0 Å². The molecule has 1 aromatic heterocycles. The highest BCUT2D eigenvalue weighted by atomic mass is 15.3. The Morgan fingerprint density at radius 1 is 1.70 bits per heavy atom. The fraction of sp³-hybridized carbons (Fsp3) is 0.125. The minimum Gasteiger partial charge on any atom is -0.241 e. The fourth-order valence-corrected chi connectivity index (χ4v) is 0.833. The summed E-state index contributed by atoms with van der Waals surface area (Å²) in [6, 6.07) is 3.87. The predicted octanol–water partition coefficient (Wildman–Crippen LogP) is 1.98. The third-order valence-corrected chi connectivity index (χ3v) is 1.32. The van der Waals surface area contributed by atoms with Crippen molar-refractivity contribution >= 4 is 12.3 Å². The van der Waals surface area contributed by atoms with Gasteiger partial charge in [0.15, 0.2) is 0 Å². The van der Waals surface area contributed by atoms with Crippen molar-refractivity contribution in [1.29, 1.82) is 0 Å². The first kappa shape index (κ1) is 6.81. The molecule has 0 atom stereocenters. The lowest BCUT2D eigenvalue weighted by molar-refractivity contribution is 0.881. The highest BCUT2D eigenvalue weighted by Crippen LogP contribution is 2.11. The molecule has 0 aliphatic carbocycles. The molecule has 0 saturated carbocycles. The number of rotatable bonds is 2. The number of hydrogen-bond acceptors (Lipinski definition) is 1. The highest BCUT2D eigenvalue weighted by Gasteiger charge is 1.96. The molecule has 0 unspecified atom stereocenters. The third kappa shape index (κ3) is 1.00. The summed E-state index contributed by atoms with van der Waals surface area (Å²) >= 11 is 0. The monoisotopic (exact) mass is 134 g/mol. The summed E-state index contributed by atoms with van der Waals surface area (Å²) < 4.78 is 1.70. The third-order valence-electron chi connectivity index (χ3n) is 1.32. The zero-order chi connectivity index (χ0) is 7.56. The molecule has 1 rings (SSSR count). The van der Waals surface area contributed by atoms with Crippen molar-refractivity contribution in [3.05, 3.63) is 30.6 Å². The molecule has 1 aromatic rings. The van der Waals surface area contributed by atoms with Crippen molar-refractivity contribution < 1.29 is 0 Å². The Bertz CT molecular complexity index is 258. The summed E-state index contributed by atoms with van der Waals surface area (Å²) in [5.41, 5.74) is 2.01. The Labute approximate surface area is 60.5 Å². The largest absolute Gasteiger partial charge is 0.241 e. The van der Waals surface area contributed by atoms with E-state index in [1.807, 2.05) is 25.3 Å². The first-order chi connectivity index (χ1) is 4.75. The van der Waals surface area contributed by atoms with Crippen LogP contribution in [0.25, 0.3) is 5.57 Å². The quantitative estimate of drug-likeness (QED) is 0.550. The smallest absolute Gasteiger partial charge is 0.0669 e. The first-order valence-corrected chi connectivity index (χ1v) is 3.06. The maximum Gasteiger partial charge on any atom is 0.0669 e. The second-order valence-corrected chi connectivity index (χ2v) is 2.16. The van der Waals surface area contributed by atoms with Crippen LogP contribution in [0.15, 0.2) is 30.0 Å². The molecule has 0 radical (unpaired) electrons. The zero-order valence-corrected chi connectivity index (χ0v) is 6.04. The van der Waals surface area contributed by atoms with Crippen molar-refractivity contribution in [2.75, 3.05) is 0 Å². The summed E-state index contributed by atoms with van der Waals surface area (Å²) in [5, 5.41) is 3.76. The van der Waals surface area contributed by atoms with Gasteiger partial charge in [0.25, 0.3) is 0 Å². The van der Waals surface area contributed by atoms with Crippen LogP contribution >= 0.6 is 0 Å². The van der Waals surface area contributed by atoms with Gasteiger partial charge in [-0.15, -0.1) is 0 Å². The van der Waals surface area contributed by atoms with Crippen molar-refractivity contribution in [3.8, 4) is 0 Å². The van der Waals surface area contributed by atoms with Gasteiger partial charge in [0.1, 0.15) is 0 Å². The maximum absolute atomic E-state index is 3.80. The molecule has 0 fully saturated rings. The summed E-state index contributed by atoms with van der Waals surface area (Å²) in [5.74, 6) is 0. The summed E-state index contributed by atoms with van der Waals surface area (Å²) in [4.78, 5) is 0. The van der Waals surface area contributed by atoms with E-state index in [-0.39, 0.29) is 0 Å². The Morgan fingerprint density at radius 2 is 2.40 bits per heavy atom. The maximum atomic E-state index is 3.80. The van der Waals surface area contributed by atoms with Crippen LogP contribution in [0.2, 0.25) is 0 Å². The molecule has 52 valence electrons. The van der Waals surface area contributed by atoms with Gasteiger partial charge in [-0.1, -0.05) is 6.58 Å². The van der Waals surface area contributed by atoms with Crippen molar-refractivity contribution in [2.45, 2.75) is 6.92 Å². The van der Waals surface area contributed by atoms with Gasteiger partial charge >= 0.3 is 0 Å². The van der Waals surface area contributed by atoms with E-state index < -0.39 is 0 Å². The highest BCUT2D eigenvalue weighted by molar-refractivity contribution is 5.58. The van der Waals surface area contributed by atoms with Gasteiger partial charge < -0.3 is 0 Å². The molecule has 0 aromatic carbocycles. The summed E-state index contributed by atoms with van der Waals surface area (Å²) in [6.45, 7) is 9.16. The first-order valence-electron chi connectivity index (χ1n) is 3.06. The van der Waals surface area contributed by atoms with Crippen LogP contribution in [0.5, 0.6) is 0 Å². The van der Waals surface area contributed by atoms with Gasteiger partial charge in [-0.2, -0.15) is 5.10 Å². The Hall–Kier alpha value is -1.31.